The number of benzene rings is 1. The number of aromatic carboxylic acids is 1. The highest BCUT2D eigenvalue weighted by atomic mass is 32.2. The van der Waals surface area contributed by atoms with Crippen LogP contribution in [0.3, 0.4) is 0 Å². The summed E-state index contributed by atoms with van der Waals surface area (Å²) >= 11 is 1.59. The molecule has 2 N–H and O–H groups in total. The number of carboxylic acids is 1. The third kappa shape index (κ3) is 5.79. The SMILES string of the molecule is CC(C)SCC(=O)NCCc1ccccc1C(=O)O. The van der Waals surface area contributed by atoms with Crippen molar-refractivity contribution in [2.45, 2.75) is 25.5 Å². The molecule has 1 amide bonds. The Morgan fingerprint density at radius 3 is 2.63 bits per heavy atom. The van der Waals surface area contributed by atoms with E-state index in [0.29, 0.717) is 29.5 Å². The predicted molar refractivity (Wildman–Crippen MR) is 77.7 cm³/mol. The van der Waals surface area contributed by atoms with Gasteiger partial charge in [0.15, 0.2) is 0 Å². The van der Waals surface area contributed by atoms with Crippen LogP contribution in [0.25, 0.3) is 0 Å². The van der Waals surface area contributed by atoms with E-state index in [2.05, 4.69) is 5.32 Å². The number of hydrogen-bond donors (Lipinski definition) is 2. The number of carboxylic acid groups (broad SMARTS) is 1. The summed E-state index contributed by atoms with van der Waals surface area (Å²) in [5.41, 5.74) is 1.04. The number of nitrogens with one attached hydrogen (secondary N) is 1. The lowest BCUT2D eigenvalue weighted by molar-refractivity contribution is -0.118. The van der Waals surface area contributed by atoms with Crippen LogP contribution in [-0.4, -0.2) is 34.5 Å². The number of thioether (sulfide) groups is 1. The molecular weight excluding hydrogens is 262 g/mol. The normalized spacial score (nSPS) is 10.5. The van der Waals surface area contributed by atoms with Gasteiger partial charge in [-0.25, -0.2) is 4.79 Å². The molecule has 0 fully saturated rings. The quantitative estimate of drug-likeness (QED) is 0.804. The summed E-state index contributed by atoms with van der Waals surface area (Å²) in [5.74, 6) is -0.498. The van der Waals surface area contributed by atoms with Gasteiger partial charge >= 0.3 is 5.97 Å². The maximum absolute atomic E-state index is 11.5. The molecule has 0 aliphatic rings. The molecule has 0 aromatic heterocycles. The summed E-state index contributed by atoms with van der Waals surface area (Å²) in [7, 11) is 0. The second kappa shape index (κ2) is 7.84. The summed E-state index contributed by atoms with van der Waals surface area (Å²) in [5, 5.41) is 12.3. The lowest BCUT2D eigenvalue weighted by Gasteiger charge is -2.08. The standard InChI is InChI=1S/C14H19NO3S/c1-10(2)19-9-13(16)15-8-7-11-5-3-4-6-12(11)14(17)18/h3-6,10H,7-9H2,1-2H3,(H,15,16)(H,17,18). The minimum absolute atomic E-state index is 0.00786. The van der Waals surface area contributed by atoms with Crippen LogP contribution in [0.2, 0.25) is 0 Å². The molecule has 1 aromatic rings. The van der Waals surface area contributed by atoms with Gasteiger partial charge in [-0.15, -0.1) is 11.8 Å². The van der Waals surface area contributed by atoms with Crippen molar-refractivity contribution in [2.75, 3.05) is 12.3 Å². The fraction of sp³-hybridized carbons (Fsp3) is 0.429. The van der Waals surface area contributed by atoms with E-state index < -0.39 is 5.97 Å². The molecule has 0 spiro atoms. The minimum atomic E-state index is -0.933. The highest BCUT2D eigenvalue weighted by Crippen LogP contribution is 2.10. The van der Waals surface area contributed by atoms with Crippen LogP contribution >= 0.6 is 11.8 Å². The van der Waals surface area contributed by atoms with Crippen molar-refractivity contribution in [1.82, 2.24) is 5.32 Å². The zero-order valence-corrected chi connectivity index (χ0v) is 12.0. The fourth-order valence-corrected chi connectivity index (χ4v) is 2.16. The Bertz CT molecular complexity index is 446. The average molecular weight is 281 g/mol. The van der Waals surface area contributed by atoms with Crippen molar-refractivity contribution in [2.24, 2.45) is 0 Å². The highest BCUT2D eigenvalue weighted by Gasteiger charge is 2.09. The van der Waals surface area contributed by atoms with Crippen LogP contribution < -0.4 is 5.32 Å². The van der Waals surface area contributed by atoms with Crippen LogP contribution in [0, 0.1) is 0 Å². The van der Waals surface area contributed by atoms with E-state index in [9.17, 15) is 9.59 Å². The maximum atomic E-state index is 11.5. The number of rotatable bonds is 7. The summed E-state index contributed by atoms with van der Waals surface area (Å²) in [6.07, 6.45) is 0.528. The van der Waals surface area contributed by atoms with Gasteiger partial charge in [-0.3, -0.25) is 4.79 Å². The first-order chi connectivity index (χ1) is 9.00. The molecule has 0 heterocycles. The Labute approximate surface area is 117 Å². The van der Waals surface area contributed by atoms with E-state index in [1.807, 2.05) is 13.8 Å². The molecule has 1 rings (SSSR count). The van der Waals surface area contributed by atoms with Gasteiger partial charge in [0.2, 0.25) is 5.91 Å². The van der Waals surface area contributed by atoms with Crippen LogP contribution in [0.1, 0.15) is 29.8 Å². The zero-order valence-electron chi connectivity index (χ0n) is 11.2. The first kappa shape index (κ1) is 15.6. The molecule has 5 heteroatoms. The lowest BCUT2D eigenvalue weighted by Crippen LogP contribution is -2.28. The summed E-state index contributed by atoms with van der Waals surface area (Å²) in [4.78, 5) is 22.5. The maximum Gasteiger partial charge on any atom is 0.335 e. The van der Waals surface area contributed by atoms with Crippen molar-refractivity contribution in [3.05, 3.63) is 35.4 Å². The summed E-state index contributed by atoms with van der Waals surface area (Å²) < 4.78 is 0. The van der Waals surface area contributed by atoms with Gasteiger partial charge < -0.3 is 10.4 Å². The van der Waals surface area contributed by atoms with Gasteiger partial charge in [0.1, 0.15) is 0 Å². The fourth-order valence-electron chi connectivity index (χ4n) is 1.58. The van der Waals surface area contributed by atoms with E-state index in [0.717, 1.165) is 5.56 Å². The van der Waals surface area contributed by atoms with Crippen molar-refractivity contribution >= 4 is 23.6 Å². The van der Waals surface area contributed by atoms with Crippen LogP contribution in [0.15, 0.2) is 24.3 Å². The highest BCUT2D eigenvalue weighted by molar-refractivity contribution is 8.00. The Balaban J connectivity index is 2.41. The predicted octanol–water partition coefficient (Wildman–Crippen LogP) is 2.19. The Hall–Kier alpha value is -1.49. The second-order valence-corrected chi connectivity index (χ2v) is 5.99. The number of carbonyl (C=O) groups is 2. The molecule has 0 radical (unpaired) electrons. The van der Waals surface area contributed by atoms with Gasteiger partial charge in [0.05, 0.1) is 11.3 Å². The minimum Gasteiger partial charge on any atom is -0.478 e. The monoisotopic (exact) mass is 281 g/mol. The first-order valence-electron chi connectivity index (χ1n) is 6.20. The van der Waals surface area contributed by atoms with Crippen LogP contribution in [0.4, 0.5) is 0 Å². The molecule has 0 saturated heterocycles. The molecule has 0 saturated carbocycles. The Kier molecular flexibility index (Phi) is 6.42. The summed E-state index contributed by atoms with van der Waals surface area (Å²) in [6.45, 7) is 4.55. The Morgan fingerprint density at radius 2 is 2.00 bits per heavy atom. The third-order valence-corrected chi connectivity index (χ3v) is 3.61. The molecule has 1 aromatic carbocycles. The number of amides is 1. The van der Waals surface area contributed by atoms with Gasteiger partial charge in [0, 0.05) is 6.54 Å². The van der Waals surface area contributed by atoms with E-state index in [1.54, 1.807) is 36.0 Å². The molecule has 0 atom stereocenters. The van der Waals surface area contributed by atoms with Crippen molar-refractivity contribution in [3.8, 4) is 0 Å². The smallest absolute Gasteiger partial charge is 0.335 e. The van der Waals surface area contributed by atoms with Crippen molar-refractivity contribution in [3.63, 3.8) is 0 Å². The largest absolute Gasteiger partial charge is 0.478 e. The Morgan fingerprint density at radius 1 is 1.32 bits per heavy atom. The number of carbonyl (C=O) groups excluding carboxylic acids is 1. The third-order valence-electron chi connectivity index (χ3n) is 2.51. The second-order valence-electron chi connectivity index (χ2n) is 4.42. The van der Waals surface area contributed by atoms with Crippen LogP contribution in [0.5, 0.6) is 0 Å². The number of hydrogen-bond acceptors (Lipinski definition) is 3. The van der Waals surface area contributed by atoms with E-state index in [4.69, 9.17) is 5.11 Å². The molecular formula is C14H19NO3S. The molecule has 104 valence electrons. The van der Waals surface area contributed by atoms with E-state index >= 15 is 0 Å². The average Bonchev–Trinajstić information content (AvgIpc) is 2.36. The zero-order chi connectivity index (χ0) is 14.3. The molecule has 0 aliphatic heterocycles. The van der Waals surface area contributed by atoms with Gasteiger partial charge in [-0.05, 0) is 23.3 Å². The molecule has 19 heavy (non-hydrogen) atoms. The van der Waals surface area contributed by atoms with Gasteiger partial charge in [-0.2, -0.15) is 0 Å². The summed E-state index contributed by atoms with van der Waals surface area (Å²) in [6, 6.07) is 6.86. The van der Waals surface area contributed by atoms with Crippen molar-refractivity contribution in [1.29, 1.82) is 0 Å². The van der Waals surface area contributed by atoms with Crippen molar-refractivity contribution < 1.29 is 14.7 Å². The topological polar surface area (TPSA) is 66.4 Å². The van der Waals surface area contributed by atoms with Gasteiger partial charge in [-0.1, -0.05) is 32.0 Å². The van der Waals surface area contributed by atoms with E-state index in [1.165, 1.54) is 0 Å². The lowest BCUT2D eigenvalue weighted by atomic mass is 10.0. The first-order valence-corrected chi connectivity index (χ1v) is 7.25. The molecule has 0 unspecified atom stereocenters. The van der Waals surface area contributed by atoms with Gasteiger partial charge in [0.25, 0.3) is 0 Å². The molecule has 4 nitrogen and oxygen atoms in total. The van der Waals surface area contributed by atoms with E-state index in [-0.39, 0.29) is 5.91 Å². The molecule has 0 bridgehead atoms. The molecule has 0 aliphatic carbocycles. The van der Waals surface area contributed by atoms with Crippen LogP contribution in [-0.2, 0) is 11.2 Å².